The van der Waals surface area contributed by atoms with Gasteiger partial charge >= 0.3 is 0 Å². The smallest absolute Gasteiger partial charge is 0.111 e. The van der Waals surface area contributed by atoms with Crippen LogP contribution in [0, 0.1) is 0 Å². The van der Waals surface area contributed by atoms with Crippen molar-refractivity contribution in [2.45, 2.75) is 26.3 Å². The second kappa shape index (κ2) is 4.83. The molecule has 2 nitrogen and oxygen atoms in total. The quantitative estimate of drug-likeness (QED) is 0.835. The van der Waals surface area contributed by atoms with Crippen LogP contribution in [0.15, 0.2) is 41.1 Å². The Morgan fingerprint density at radius 3 is 2.88 bits per heavy atom. The Kier molecular flexibility index (Phi) is 3.44. The van der Waals surface area contributed by atoms with Crippen LogP contribution in [0.4, 0.5) is 0 Å². The molecule has 0 spiro atoms. The molecule has 2 aromatic rings. The summed E-state index contributed by atoms with van der Waals surface area (Å²) >= 11 is 3.49. The molecular formula is C13H15BrN2. The number of hydrogen-bond donors (Lipinski definition) is 0. The highest BCUT2D eigenvalue weighted by Crippen LogP contribution is 2.16. The van der Waals surface area contributed by atoms with Crippen molar-refractivity contribution in [1.29, 1.82) is 0 Å². The topological polar surface area (TPSA) is 17.8 Å². The molecule has 1 aromatic carbocycles. The summed E-state index contributed by atoms with van der Waals surface area (Å²) in [7, 11) is 0. The molecule has 0 fully saturated rings. The van der Waals surface area contributed by atoms with E-state index in [9.17, 15) is 0 Å². The lowest BCUT2D eigenvalue weighted by atomic mass is 10.2. The van der Waals surface area contributed by atoms with E-state index in [0.717, 1.165) is 16.8 Å². The molecule has 0 saturated heterocycles. The third-order valence-electron chi connectivity index (χ3n) is 2.51. The Hall–Kier alpha value is -1.09. The summed E-state index contributed by atoms with van der Waals surface area (Å²) in [5.74, 6) is 1.60. The highest BCUT2D eigenvalue weighted by atomic mass is 79.9. The van der Waals surface area contributed by atoms with Crippen LogP contribution in [0.25, 0.3) is 0 Å². The SMILES string of the molecule is CC(C)c1nccn1Cc1cccc(Br)c1. The Morgan fingerprint density at radius 1 is 1.38 bits per heavy atom. The average Bonchev–Trinajstić information content (AvgIpc) is 2.66. The van der Waals surface area contributed by atoms with Crippen molar-refractivity contribution in [3.8, 4) is 0 Å². The maximum Gasteiger partial charge on any atom is 0.111 e. The third-order valence-corrected chi connectivity index (χ3v) is 3.00. The van der Waals surface area contributed by atoms with Crippen LogP contribution < -0.4 is 0 Å². The van der Waals surface area contributed by atoms with E-state index in [-0.39, 0.29) is 0 Å². The first-order valence-electron chi connectivity index (χ1n) is 5.42. The van der Waals surface area contributed by atoms with Crippen LogP contribution in [0.3, 0.4) is 0 Å². The lowest BCUT2D eigenvalue weighted by Gasteiger charge is -2.10. The second-order valence-corrected chi connectivity index (χ2v) is 5.11. The van der Waals surface area contributed by atoms with Crippen LogP contribution in [-0.2, 0) is 6.54 Å². The molecule has 0 bridgehead atoms. The van der Waals surface area contributed by atoms with Gasteiger partial charge in [0.2, 0.25) is 0 Å². The number of benzene rings is 1. The summed E-state index contributed by atoms with van der Waals surface area (Å²) in [6.45, 7) is 5.21. The average molecular weight is 279 g/mol. The molecule has 0 N–H and O–H groups in total. The molecule has 0 atom stereocenters. The van der Waals surface area contributed by atoms with Gasteiger partial charge in [0.05, 0.1) is 0 Å². The Bertz CT molecular complexity index is 474. The van der Waals surface area contributed by atoms with E-state index < -0.39 is 0 Å². The fourth-order valence-corrected chi connectivity index (χ4v) is 2.23. The van der Waals surface area contributed by atoms with Crippen molar-refractivity contribution in [2.24, 2.45) is 0 Å². The van der Waals surface area contributed by atoms with Crippen molar-refractivity contribution in [1.82, 2.24) is 9.55 Å². The zero-order valence-electron chi connectivity index (χ0n) is 9.52. The van der Waals surface area contributed by atoms with Gasteiger partial charge in [0.15, 0.2) is 0 Å². The number of halogens is 1. The van der Waals surface area contributed by atoms with Gasteiger partial charge in [-0.15, -0.1) is 0 Å². The number of hydrogen-bond acceptors (Lipinski definition) is 1. The van der Waals surface area contributed by atoms with Crippen molar-refractivity contribution in [3.05, 3.63) is 52.5 Å². The van der Waals surface area contributed by atoms with Gasteiger partial charge in [0.1, 0.15) is 5.82 Å². The first kappa shape index (κ1) is 11.4. The lowest BCUT2D eigenvalue weighted by molar-refractivity contribution is 0.669. The van der Waals surface area contributed by atoms with Crippen molar-refractivity contribution in [2.75, 3.05) is 0 Å². The van der Waals surface area contributed by atoms with Gasteiger partial charge in [-0.3, -0.25) is 0 Å². The minimum atomic E-state index is 0.460. The Morgan fingerprint density at radius 2 is 2.19 bits per heavy atom. The summed E-state index contributed by atoms with van der Waals surface area (Å²) in [5.41, 5.74) is 1.29. The van der Waals surface area contributed by atoms with Gasteiger partial charge in [-0.2, -0.15) is 0 Å². The maximum absolute atomic E-state index is 4.39. The van der Waals surface area contributed by atoms with E-state index in [1.54, 1.807) is 0 Å². The number of nitrogens with zero attached hydrogens (tertiary/aromatic N) is 2. The maximum atomic E-state index is 4.39. The molecule has 1 heterocycles. The van der Waals surface area contributed by atoms with Gasteiger partial charge in [-0.05, 0) is 17.7 Å². The standard InChI is InChI=1S/C13H15BrN2/c1-10(2)13-15-6-7-16(13)9-11-4-3-5-12(14)8-11/h3-8,10H,9H2,1-2H3. The molecule has 0 saturated carbocycles. The predicted octanol–water partition coefficient (Wildman–Crippen LogP) is 3.82. The summed E-state index contributed by atoms with van der Waals surface area (Å²) in [6.07, 6.45) is 3.91. The van der Waals surface area contributed by atoms with Gasteiger partial charge in [0, 0.05) is 29.3 Å². The van der Waals surface area contributed by atoms with Gasteiger partial charge in [0.25, 0.3) is 0 Å². The van der Waals surface area contributed by atoms with Crippen molar-refractivity contribution in [3.63, 3.8) is 0 Å². The molecule has 0 aliphatic carbocycles. The third kappa shape index (κ3) is 2.53. The van der Waals surface area contributed by atoms with E-state index in [2.05, 4.69) is 57.5 Å². The van der Waals surface area contributed by atoms with Crippen molar-refractivity contribution >= 4 is 15.9 Å². The molecule has 2 rings (SSSR count). The molecule has 16 heavy (non-hydrogen) atoms. The minimum Gasteiger partial charge on any atom is -0.330 e. The summed E-state index contributed by atoms with van der Waals surface area (Å²) in [6, 6.07) is 8.38. The summed E-state index contributed by atoms with van der Waals surface area (Å²) in [4.78, 5) is 4.39. The molecule has 0 unspecified atom stereocenters. The Labute approximate surface area is 104 Å². The van der Waals surface area contributed by atoms with E-state index in [0.29, 0.717) is 5.92 Å². The van der Waals surface area contributed by atoms with Gasteiger partial charge in [-0.25, -0.2) is 4.98 Å². The van der Waals surface area contributed by atoms with Crippen molar-refractivity contribution < 1.29 is 0 Å². The molecule has 1 aromatic heterocycles. The van der Waals surface area contributed by atoms with Crippen LogP contribution in [0.5, 0.6) is 0 Å². The van der Waals surface area contributed by atoms with Crippen LogP contribution in [0.2, 0.25) is 0 Å². The zero-order valence-corrected chi connectivity index (χ0v) is 11.1. The molecule has 0 aliphatic rings. The number of aromatic nitrogens is 2. The number of rotatable bonds is 3. The highest BCUT2D eigenvalue weighted by molar-refractivity contribution is 9.10. The minimum absolute atomic E-state index is 0.460. The lowest BCUT2D eigenvalue weighted by Crippen LogP contribution is -2.05. The Balaban J connectivity index is 2.24. The van der Waals surface area contributed by atoms with Gasteiger partial charge in [-0.1, -0.05) is 41.9 Å². The van der Waals surface area contributed by atoms with E-state index in [1.807, 2.05) is 18.5 Å². The summed E-state index contributed by atoms with van der Waals surface area (Å²) < 4.78 is 3.32. The first-order chi connectivity index (χ1) is 7.66. The molecule has 0 amide bonds. The van der Waals surface area contributed by atoms with Crippen LogP contribution in [-0.4, -0.2) is 9.55 Å². The van der Waals surface area contributed by atoms with E-state index in [1.165, 1.54) is 5.56 Å². The zero-order chi connectivity index (χ0) is 11.5. The highest BCUT2D eigenvalue weighted by Gasteiger charge is 2.07. The molecule has 0 aliphatic heterocycles. The van der Waals surface area contributed by atoms with E-state index >= 15 is 0 Å². The summed E-state index contributed by atoms with van der Waals surface area (Å²) in [5, 5.41) is 0. The van der Waals surface area contributed by atoms with Gasteiger partial charge < -0.3 is 4.57 Å². The second-order valence-electron chi connectivity index (χ2n) is 4.20. The molecule has 3 heteroatoms. The largest absolute Gasteiger partial charge is 0.330 e. The molecule has 0 radical (unpaired) electrons. The monoisotopic (exact) mass is 278 g/mol. The fraction of sp³-hybridized carbons (Fsp3) is 0.308. The molecule has 84 valence electrons. The van der Waals surface area contributed by atoms with E-state index in [4.69, 9.17) is 0 Å². The molecular weight excluding hydrogens is 264 g/mol. The first-order valence-corrected chi connectivity index (χ1v) is 6.21. The number of imidazole rings is 1. The fourth-order valence-electron chi connectivity index (χ4n) is 1.79. The van der Waals surface area contributed by atoms with Crippen LogP contribution >= 0.6 is 15.9 Å². The van der Waals surface area contributed by atoms with Crippen LogP contribution in [0.1, 0.15) is 31.2 Å². The predicted molar refractivity (Wildman–Crippen MR) is 69.6 cm³/mol. The normalized spacial score (nSPS) is 11.0.